The van der Waals surface area contributed by atoms with Gasteiger partial charge in [0.1, 0.15) is 22.3 Å². The average molecular weight is 768 g/mol. The van der Waals surface area contributed by atoms with Crippen molar-refractivity contribution >= 4 is 54.8 Å². The Morgan fingerprint density at radius 2 is 0.950 bits per heavy atom. The van der Waals surface area contributed by atoms with Crippen molar-refractivity contribution in [1.29, 1.82) is 0 Å². The molecule has 0 unspecified atom stereocenters. The second-order valence-electron chi connectivity index (χ2n) is 15.1. The fraction of sp³-hybridized carbons (Fsp3) is 0. The van der Waals surface area contributed by atoms with Crippen LogP contribution in [0.25, 0.3) is 122 Å². The monoisotopic (exact) mass is 767 g/mol. The van der Waals surface area contributed by atoms with Crippen molar-refractivity contribution in [3.8, 4) is 67.3 Å². The molecule has 280 valence electrons. The SMILES string of the molecule is c1ccc(-c2cc(-c3ccc(-c4ccc(-c5ccc6c(c5)oc5ccccc56)c5oc6ccccc6c45)cc3)nc(-c3ccc(-c4cccc5cccnc45)cc3)n2)cc1. The number of pyridine rings is 1. The minimum Gasteiger partial charge on any atom is -0.456 e. The summed E-state index contributed by atoms with van der Waals surface area (Å²) in [5, 5.41) is 5.50. The zero-order chi connectivity index (χ0) is 39.6. The summed E-state index contributed by atoms with van der Waals surface area (Å²) >= 11 is 0. The molecule has 4 aromatic heterocycles. The Morgan fingerprint density at radius 3 is 1.75 bits per heavy atom. The van der Waals surface area contributed by atoms with E-state index in [-0.39, 0.29) is 0 Å². The molecule has 0 aliphatic carbocycles. The molecule has 12 aromatic rings. The van der Waals surface area contributed by atoms with E-state index in [4.69, 9.17) is 18.8 Å². The van der Waals surface area contributed by atoms with Crippen LogP contribution in [0.4, 0.5) is 0 Å². The van der Waals surface area contributed by atoms with Gasteiger partial charge in [-0.1, -0.05) is 152 Å². The van der Waals surface area contributed by atoms with Crippen LogP contribution in [0.2, 0.25) is 0 Å². The Balaban J connectivity index is 0.939. The highest BCUT2D eigenvalue weighted by atomic mass is 16.3. The second kappa shape index (κ2) is 13.8. The molecular formula is C55H33N3O2. The van der Waals surface area contributed by atoms with Gasteiger partial charge in [-0.15, -0.1) is 0 Å². The highest BCUT2D eigenvalue weighted by Gasteiger charge is 2.19. The van der Waals surface area contributed by atoms with Gasteiger partial charge in [0.2, 0.25) is 0 Å². The van der Waals surface area contributed by atoms with E-state index in [2.05, 4.69) is 145 Å². The predicted octanol–water partition coefficient (Wildman–Crippen LogP) is 14.8. The third-order valence-corrected chi connectivity index (χ3v) is 11.6. The smallest absolute Gasteiger partial charge is 0.160 e. The molecule has 0 radical (unpaired) electrons. The first-order chi connectivity index (χ1) is 29.7. The molecule has 60 heavy (non-hydrogen) atoms. The van der Waals surface area contributed by atoms with Crippen LogP contribution in [0.15, 0.2) is 209 Å². The lowest BCUT2D eigenvalue weighted by Gasteiger charge is -2.12. The molecule has 0 atom stereocenters. The van der Waals surface area contributed by atoms with Gasteiger partial charge in [-0.2, -0.15) is 0 Å². The van der Waals surface area contributed by atoms with Crippen LogP contribution in [0.5, 0.6) is 0 Å². The van der Waals surface area contributed by atoms with Gasteiger partial charge in [0.05, 0.1) is 16.9 Å². The molecule has 0 fully saturated rings. The van der Waals surface area contributed by atoms with Crippen LogP contribution in [-0.4, -0.2) is 15.0 Å². The molecule has 5 nitrogen and oxygen atoms in total. The molecule has 0 bridgehead atoms. The van der Waals surface area contributed by atoms with E-state index in [0.29, 0.717) is 5.82 Å². The van der Waals surface area contributed by atoms with Crippen LogP contribution in [0, 0.1) is 0 Å². The maximum absolute atomic E-state index is 6.68. The van der Waals surface area contributed by atoms with Crippen molar-refractivity contribution in [2.45, 2.75) is 0 Å². The van der Waals surface area contributed by atoms with Crippen molar-refractivity contribution in [1.82, 2.24) is 15.0 Å². The minimum atomic E-state index is 0.668. The zero-order valence-corrected chi connectivity index (χ0v) is 32.2. The Hall–Kier alpha value is -8.15. The summed E-state index contributed by atoms with van der Waals surface area (Å²) in [5.41, 5.74) is 15.6. The number of hydrogen-bond acceptors (Lipinski definition) is 5. The van der Waals surface area contributed by atoms with Crippen molar-refractivity contribution in [3.63, 3.8) is 0 Å². The van der Waals surface area contributed by atoms with Crippen molar-refractivity contribution in [2.24, 2.45) is 0 Å². The Morgan fingerprint density at radius 1 is 0.350 bits per heavy atom. The van der Waals surface area contributed by atoms with Crippen LogP contribution in [0.3, 0.4) is 0 Å². The maximum Gasteiger partial charge on any atom is 0.160 e. The summed E-state index contributed by atoms with van der Waals surface area (Å²) in [7, 11) is 0. The van der Waals surface area contributed by atoms with Gasteiger partial charge in [-0.3, -0.25) is 4.98 Å². The Labute approximate surface area is 344 Å². The fourth-order valence-corrected chi connectivity index (χ4v) is 8.63. The number of rotatable bonds is 6. The fourth-order valence-electron chi connectivity index (χ4n) is 8.63. The number of para-hydroxylation sites is 3. The van der Waals surface area contributed by atoms with Crippen LogP contribution >= 0.6 is 0 Å². The number of aromatic nitrogens is 3. The van der Waals surface area contributed by atoms with E-state index in [1.54, 1.807) is 0 Å². The highest BCUT2D eigenvalue weighted by Crippen LogP contribution is 2.43. The number of furan rings is 2. The summed E-state index contributed by atoms with van der Waals surface area (Å²) in [6.07, 6.45) is 1.85. The predicted molar refractivity (Wildman–Crippen MR) is 245 cm³/mol. The first-order valence-electron chi connectivity index (χ1n) is 20.1. The molecule has 0 aliphatic heterocycles. The third-order valence-electron chi connectivity index (χ3n) is 11.6. The lowest BCUT2D eigenvalue weighted by molar-refractivity contribution is 0.668. The second-order valence-corrected chi connectivity index (χ2v) is 15.1. The quantitative estimate of drug-likeness (QED) is 0.169. The first kappa shape index (κ1) is 33.9. The van der Waals surface area contributed by atoms with Gasteiger partial charge in [0, 0.05) is 60.9 Å². The zero-order valence-electron chi connectivity index (χ0n) is 32.2. The largest absolute Gasteiger partial charge is 0.456 e. The molecule has 0 saturated heterocycles. The summed E-state index contributed by atoms with van der Waals surface area (Å²) in [6.45, 7) is 0. The summed E-state index contributed by atoms with van der Waals surface area (Å²) in [5.74, 6) is 0.668. The van der Waals surface area contributed by atoms with Gasteiger partial charge < -0.3 is 8.83 Å². The molecule has 0 amide bonds. The molecule has 12 rings (SSSR count). The first-order valence-corrected chi connectivity index (χ1v) is 20.1. The topological polar surface area (TPSA) is 65.0 Å². The highest BCUT2D eigenvalue weighted by molar-refractivity contribution is 6.17. The lowest BCUT2D eigenvalue weighted by Crippen LogP contribution is -1.96. The van der Waals surface area contributed by atoms with Gasteiger partial charge in [-0.25, -0.2) is 9.97 Å². The number of benzene rings is 8. The van der Waals surface area contributed by atoms with Crippen molar-refractivity contribution in [2.75, 3.05) is 0 Å². The summed E-state index contributed by atoms with van der Waals surface area (Å²) in [6, 6.07) is 67.2. The van der Waals surface area contributed by atoms with Gasteiger partial charge in [0.15, 0.2) is 5.82 Å². The maximum atomic E-state index is 6.68. The number of fused-ring (bicyclic) bond motifs is 7. The molecule has 0 aliphatic rings. The van der Waals surface area contributed by atoms with Crippen LogP contribution in [-0.2, 0) is 0 Å². The lowest BCUT2D eigenvalue weighted by atomic mass is 9.93. The van der Waals surface area contributed by atoms with Gasteiger partial charge >= 0.3 is 0 Å². The molecule has 0 saturated carbocycles. The molecule has 4 heterocycles. The Kier molecular flexibility index (Phi) is 7.78. The molecule has 0 spiro atoms. The van der Waals surface area contributed by atoms with E-state index in [1.165, 1.54) is 0 Å². The normalized spacial score (nSPS) is 11.7. The van der Waals surface area contributed by atoms with E-state index in [9.17, 15) is 0 Å². The van der Waals surface area contributed by atoms with Gasteiger partial charge in [0.25, 0.3) is 0 Å². The third kappa shape index (κ3) is 5.67. The van der Waals surface area contributed by atoms with E-state index in [0.717, 1.165) is 116 Å². The standard InChI is InChI=1S/C55H33N3O2/c1-2-10-36(11-3-1)47-33-48(58-55(57-47)39-25-21-35(22-26-39)42-16-8-12-38-13-9-31-56-53(38)42)37-23-19-34(20-24-37)41-29-30-43(54-52(41)46-15-5-7-18-50(46)60-54)40-27-28-45-44-14-4-6-17-49(44)59-51(45)32-40/h1-33H. The van der Waals surface area contributed by atoms with Crippen molar-refractivity contribution in [3.05, 3.63) is 200 Å². The van der Waals surface area contributed by atoms with Crippen LogP contribution in [0.1, 0.15) is 0 Å². The summed E-state index contributed by atoms with van der Waals surface area (Å²) < 4.78 is 13.0. The summed E-state index contributed by atoms with van der Waals surface area (Å²) in [4.78, 5) is 14.9. The van der Waals surface area contributed by atoms with E-state index >= 15 is 0 Å². The van der Waals surface area contributed by atoms with Gasteiger partial charge in [-0.05, 0) is 64.7 Å². The van der Waals surface area contributed by atoms with Crippen LogP contribution < -0.4 is 0 Å². The van der Waals surface area contributed by atoms with E-state index < -0.39 is 0 Å². The molecule has 8 aromatic carbocycles. The minimum absolute atomic E-state index is 0.668. The molecule has 5 heteroatoms. The Bertz CT molecular complexity index is 3580. The molecule has 0 N–H and O–H groups in total. The number of hydrogen-bond donors (Lipinski definition) is 0. The molecular weight excluding hydrogens is 735 g/mol. The average Bonchev–Trinajstić information content (AvgIpc) is 3.90. The number of nitrogens with zero attached hydrogens (tertiary/aromatic N) is 3. The van der Waals surface area contributed by atoms with Crippen molar-refractivity contribution < 1.29 is 8.83 Å². The van der Waals surface area contributed by atoms with E-state index in [1.807, 2.05) is 60.8 Å².